The van der Waals surface area contributed by atoms with E-state index < -0.39 is 5.91 Å². The summed E-state index contributed by atoms with van der Waals surface area (Å²) in [5.41, 5.74) is 1.98. The number of carbonyl (C=O) groups is 1. The van der Waals surface area contributed by atoms with Crippen molar-refractivity contribution in [3.8, 4) is 11.5 Å². The fraction of sp³-hybridized carbons (Fsp3) is 0.167. The molecule has 1 atom stereocenters. The van der Waals surface area contributed by atoms with E-state index in [0.29, 0.717) is 28.9 Å². The maximum atomic E-state index is 11.4. The Morgan fingerprint density at radius 1 is 1.19 bits per heavy atom. The number of carbonyl (C=O) groups excluding carboxylic acids is 1. The first kappa shape index (κ1) is 17.4. The highest BCUT2D eigenvalue weighted by Crippen LogP contribution is 2.36. The average molecular weight is 384 g/mol. The molecule has 1 aliphatic rings. The summed E-state index contributed by atoms with van der Waals surface area (Å²) in [4.78, 5) is 12.3. The predicted molar refractivity (Wildman–Crippen MR) is 96.1 cm³/mol. The van der Waals surface area contributed by atoms with Crippen molar-refractivity contribution >= 4 is 17.7 Å². The summed E-state index contributed by atoms with van der Waals surface area (Å²) < 4.78 is 13.6. The first-order valence-electron chi connectivity index (χ1n) is 8.16. The molecule has 3 aromatic rings. The Morgan fingerprint density at radius 2 is 1.93 bits per heavy atom. The van der Waals surface area contributed by atoms with E-state index in [1.54, 1.807) is 29.7 Å². The number of aromatic nitrogens is 3. The number of ether oxygens (including phenoxy) is 2. The summed E-state index contributed by atoms with van der Waals surface area (Å²) in [5, 5.41) is 17.8. The number of fused-ring (bicyclic) bond motifs is 1. The lowest BCUT2D eigenvalue weighted by atomic mass is 10.2. The molecule has 0 saturated heterocycles. The van der Waals surface area contributed by atoms with E-state index in [1.165, 1.54) is 11.8 Å². The van der Waals surface area contributed by atoms with Gasteiger partial charge in [-0.3, -0.25) is 10.0 Å². The Bertz CT molecular complexity index is 974. The summed E-state index contributed by atoms with van der Waals surface area (Å²) in [6.45, 7) is 0.360. The van der Waals surface area contributed by atoms with E-state index in [-0.39, 0.29) is 6.10 Å². The summed E-state index contributed by atoms with van der Waals surface area (Å²) in [7, 11) is 1.87. The van der Waals surface area contributed by atoms with Crippen LogP contribution in [-0.4, -0.2) is 32.5 Å². The summed E-state index contributed by atoms with van der Waals surface area (Å²) >= 11 is 1.41. The summed E-state index contributed by atoms with van der Waals surface area (Å²) in [5.74, 6) is 1.52. The Balaban J connectivity index is 1.50. The van der Waals surface area contributed by atoms with E-state index >= 15 is 0 Å². The second-order valence-corrected chi connectivity index (χ2v) is 6.87. The summed E-state index contributed by atoms with van der Waals surface area (Å²) in [6.07, 6.45) is -0.345. The number of nitrogens with one attached hydrogen (secondary N) is 1. The average Bonchev–Trinajstić information content (AvgIpc) is 3.08. The second-order valence-electron chi connectivity index (χ2n) is 5.83. The number of hydroxylamine groups is 1. The first-order valence-corrected chi connectivity index (χ1v) is 8.97. The van der Waals surface area contributed by atoms with Crippen LogP contribution in [0.4, 0.5) is 0 Å². The van der Waals surface area contributed by atoms with Crippen LogP contribution < -0.4 is 15.0 Å². The lowest BCUT2D eigenvalue weighted by Gasteiger charge is -2.25. The van der Waals surface area contributed by atoms with Gasteiger partial charge < -0.3 is 14.0 Å². The maximum Gasteiger partial charge on any atom is 0.274 e. The molecule has 0 saturated carbocycles. The van der Waals surface area contributed by atoms with Crippen LogP contribution in [0.1, 0.15) is 22.3 Å². The van der Waals surface area contributed by atoms with Crippen LogP contribution in [0.25, 0.3) is 0 Å². The monoisotopic (exact) mass is 384 g/mol. The largest absolute Gasteiger partial charge is 0.485 e. The molecule has 1 aromatic heterocycles. The molecular weight excluding hydrogens is 368 g/mol. The van der Waals surface area contributed by atoms with Gasteiger partial charge in [-0.1, -0.05) is 12.1 Å². The smallest absolute Gasteiger partial charge is 0.274 e. The Hall–Kier alpha value is -3.04. The van der Waals surface area contributed by atoms with Crippen molar-refractivity contribution in [3.63, 3.8) is 0 Å². The van der Waals surface area contributed by atoms with Crippen molar-refractivity contribution in [2.24, 2.45) is 7.05 Å². The molecule has 0 aliphatic carbocycles. The molecule has 0 bridgehead atoms. The molecule has 1 unspecified atom stereocenters. The maximum absolute atomic E-state index is 11.4. The number of para-hydroxylation sites is 2. The van der Waals surface area contributed by atoms with Gasteiger partial charge in [-0.15, -0.1) is 10.2 Å². The van der Waals surface area contributed by atoms with Gasteiger partial charge in [0, 0.05) is 17.5 Å². The van der Waals surface area contributed by atoms with Crippen LogP contribution in [0.3, 0.4) is 0 Å². The number of nitrogens with zero attached hydrogens (tertiary/aromatic N) is 3. The molecule has 2 aromatic carbocycles. The highest BCUT2D eigenvalue weighted by Gasteiger charge is 2.27. The van der Waals surface area contributed by atoms with E-state index in [9.17, 15) is 4.79 Å². The van der Waals surface area contributed by atoms with Gasteiger partial charge in [0.25, 0.3) is 5.91 Å². The third-order valence-electron chi connectivity index (χ3n) is 4.09. The Morgan fingerprint density at radius 3 is 2.67 bits per heavy atom. The van der Waals surface area contributed by atoms with Gasteiger partial charge in [0.15, 0.2) is 28.6 Å². The van der Waals surface area contributed by atoms with Crippen molar-refractivity contribution in [2.45, 2.75) is 16.2 Å². The fourth-order valence-corrected chi connectivity index (χ4v) is 3.48. The molecule has 4 rings (SSSR count). The third kappa shape index (κ3) is 3.46. The van der Waals surface area contributed by atoms with Gasteiger partial charge in [-0.2, -0.15) is 0 Å². The van der Waals surface area contributed by atoms with Gasteiger partial charge in [0.1, 0.15) is 6.61 Å². The molecule has 2 heterocycles. The van der Waals surface area contributed by atoms with Crippen LogP contribution in [0.15, 0.2) is 58.6 Å². The molecule has 0 spiro atoms. The van der Waals surface area contributed by atoms with E-state index in [0.717, 1.165) is 10.6 Å². The molecule has 1 amide bonds. The van der Waals surface area contributed by atoms with Crippen LogP contribution >= 0.6 is 11.8 Å². The Kier molecular flexibility index (Phi) is 4.69. The van der Waals surface area contributed by atoms with Crippen molar-refractivity contribution in [1.29, 1.82) is 0 Å². The minimum atomic E-state index is -0.553. The standard InChI is InChI=1S/C18H16N4O4S/c1-22-16(15-10-25-13-4-2-3-5-14(13)26-15)19-20-18(22)27-12-8-6-11(7-9-12)17(23)21-24/h2-9,15,24H,10H2,1H3,(H,21,23). The third-order valence-corrected chi connectivity index (χ3v) is 5.14. The molecule has 2 N–H and O–H groups in total. The van der Waals surface area contributed by atoms with Gasteiger partial charge in [0.05, 0.1) is 0 Å². The highest BCUT2D eigenvalue weighted by molar-refractivity contribution is 7.99. The fourth-order valence-electron chi connectivity index (χ4n) is 2.69. The van der Waals surface area contributed by atoms with E-state index in [2.05, 4.69) is 10.2 Å². The van der Waals surface area contributed by atoms with Crippen LogP contribution in [-0.2, 0) is 7.05 Å². The van der Waals surface area contributed by atoms with Crippen molar-refractivity contribution in [3.05, 3.63) is 59.9 Å². The van der Waals surface area contributed by atoms with Crippen molar-refractivity contribution in [1.82, 2.24) is 20.2 Å². The van der Waals surface area contributed by atoms with Gasteiger partial charge in [0.2, 0.25) is 0 Å². The zero-order valence-electron chi connectivity index (χ0n) is 14.3. The van der Waals surface area contributed by atoms with Gasteiger partial charge in [-0.25, -0.2) is 5.48 Å². The van der Waals surface area contributed by atoms with E-state index in [1.807, 2.05) is 35.9 Å². The SMILES string of the molecule is Cn1c(Sc2ccc(C(=O)NO)cc2)nnc1C1COc2ccccc2O1. The Labute approximate surface area is 159 Å². The molecule has 138 valence electrons. The molecule has 8 nitrogen and oxygen atoms in total. The zero-order valence-corrected chi connectivity index (χ0v) is 15.1. The molecule has 9 heteroatoms. The topological polar surface area (TPSA) is 98.5 Å². The molecule has 1 aliphatic heterocycles. The zero-order chi connectivity index (χ0) is 18.8. The molecule has 27 heavy (non-hydrogen) atoms. The first-order chi connectivity index (χ1) is 13.2. The summed E-state index contributed by atoms with van der Waals surface area (Å²) in [6, 6.07) is 14.3. The number of benzene rings is 2. The quantitative estimate of drug-likeness (QED) is 0.527. The minimum Gasteiger partial charge on any atom is -0.485 e. The van der Waals surface area contributed by atoms with Crippen LogP contribution in [0, 0.1) is 0 Å². The van der Waals surface area contributed by atoms with E-state index in [4.69, 9.17) is 14.7 Å². The molecular formula is C18H16N4O4S. The number of amides is 1. The second kappa shape index (κ2) is 7.29. The van der Waals surface area contributed by atoms with Crippen LogP contribution in [0.2, 0.25) is 0 Å². The highest BCUT2D eigenvalue weighted by atomic mass is 32.2. The van der Waals surface area contributed by atoms with Crippen molar-refractivity contribution in [2.75, 3.05) is 6.61 Å². The predicted octanol–water partition coefficient (Wildman–Crippen LogP) is 2.60. The molecule has 0 radical (unpaired) electrons. The molecule has 0 fully saturated rings. The lowest BCUT2D eigenvalue weighted by molar-refractivity contribution is 0.0706. The lowest BCUT2D eigenvalue weighted by Crippen LogP contribution is -2.24. The van der Waals surface area contributed by atoms with Gasteiger partial charge in [-0.05, 0) is 48.2 Å². The number of hydrogen-bond acceptors (Lipinski definition) is 7. The van der Waals surface area contributed by atoms with Gasteiger partial charge >= 0.3 is 0 Å². The minimum absolute atomic E-state index is 0.345. The normalized spacial score (nSPS) is 15.4. The number of hydrogen-bond donors (Lipinski definition) is 2. The number of rotatable bonds is 4. The van der Waals surface area contributed by atoms with Crippen molar-refractivity contribution < 1.29 is 19.5 Å². The van der Waals surface area contributed by atoms with Crippen LogP contribution in [0.5, 0.6) is 11.5 Å².